The molecular weight excluding hydrogens is 452 g/mol. The van der Waals surface area contributed by atoms with Gasteiger partial charge < -0.3 is 5.32 Å². The van der Waals surface area contributed by atoms with Crippen molar-refractivity contribution < 1.29 is 18.5 Å². The van der Waals surface area contributed by atoms with E-state index in [4.69, 9.17) is 0 Å². The molecule has 0 atom stereocenters. The fourth-order valence-electron chi connectivity index (χ4n) is 3.03. The average Bonchev–Trinajstić information content (AvgIpc) is 3.23. The van der Waals surface area contributed by atoms with Crippen molar-refractivity contribution in [1.29, 1.82) is 0 Å². The second-order valence-corrected chi connectivity index (χ2v) is 7.68. The molecule has 166 valence electrons. The normalized spacial score (nSPS) is 10.7. The summed E-state index contributed by atoms with van der Waals surface area (Å²) in [6.45, 7) is 0. The van der Waals surface area contributed by atoms with E-state index < -0.39 is 22.5 Å². The van der Waals surface area contributed by atoms with Crippen LogP contribution in [0.1, 0.15) is 0 Å². The fourth-order valence-corrected chi connectivity index (χ4v) is 3.78. The molecule has 0 unspecified atom stereocenters. The molecular formula is C22H15F2N5O3S. The molecule has 4 rings (SSSR count). The summed E-state index contributed by atoms with van der Waals surface area (Å²) in [4.78, 5) is 23.0. The van der Waals surface area contributed by atoms with E-state index in [9.17, 15) is 23.7 Å². The third-order valence-corrected chi connectivity index (χ3v) is 5.46. The van der Waals surface area contributed by atoms with Crippen molar-refractivity contribution in [2.45, 2.75) is 5.16 Å². The Morgan fingerprint density at radius 1 is 0.970 bits per heavy atom. The maximum absolute atomic E-state index is 13.5. The van der Waals surface area contributed by atoms with Crippen molar-refractivity contribution in [3.8, 4) is 17.1 Å². The van der Waals surface area contributed by atoms with Crippen molar-refractivity contribution >= 4 is 29.0 Å². The number of nitrogens with one attached hydrogen (secondary N) is 1. The molecule has 1 aromatic heterocycles. The zero-order chi connectivity index (χ0) is 23.4. The molecule has 0 saturated carbocycles. The summed E-state index contributed by atoms with van der Waals surface area (Å²) in [6.07, 6.45) is 0. The Morgan fingerprint density at radius 3 is 2.27 bits per heavy atom. The van der Waals surface area contributed by atoms with Crippen LogP contribution in [-0.4, -0.2) is 31.3 Å². The first-order valence-electron chi connectivity index (χ1n) is 9.56. The lowest BCUT2D eigenvalue weighted by atomic mass is 10.2. The second kappa shape index (κ2) is 9.57. The number of amides is 1. The Kier molecular flexibility index (Phi) is 6.41. The predicted octanol–water partition coefficient (Wildman–Crippen LogP) is 4.85. The first-order chi connectivity index (χ1) is 15.9. The topological polar surface area (TPSA) is 103 Å². The number of hydrogen-bond acceptors (Lipinski definition) is 6. The molecule has 0 aliphatic heterocycles. The molecule has 33 heavy (non-hydrogen) atoms. The number of hydrogen-bond donors (Lipinski definition) is 1. The fraction of sp³-hybridized carbons (Fsp3) is 0.0455. The first kappa shape index (κ1) is 22.1. The molecule has 3 aromatic carbocycles. The molecule has 1 N–H and O–H groups in total. The van der Waals surface area contributed by atoms with Crippen molar-refractivity contribution in [2.24, 2.45) is 0 Å². The number of nitro groups is 1. The van der Waals surface area contributed by atoms with Crippen LogP contribution in [0.15, 0.2) is 78.0 Å². The summed E-state index contributed by atoms with van der Waals surface area (Å²) < 4.78 is 28.4. The van der Waals surface area contributed by atoms with E-state index in [0.29, 0.717) is 22.2 Å². The van der Waals surface area contributed by atoms with Gasteiger partial charge in [-0.25, -0.2) is 8.78 Å². The minimum Gasteiger partial charge on any atom is -0.320 e. The van der Waals surface area contributed by atoms with Crippen molar-refractivity contribution in [2.75, 3.05) is 11.1 Å². The molecule has 0 fully saturated rings. The lowest BCUT2D eigenvalue weighted by molar-refractivity contribution is -0.383. The van der Waals surface area contributed by atoms with Crippen LogP contribution < -0.4 is 5.32 Å². The maximum Gasteiger partial charge on any atom is 0.292 e. The Labute approximate surface area is 190 Å². The minimum atomic E-state index is -0.580. The molecule has 11 heteroatoms. The zero-order valence-corrected chi connectivity index (χ0v) is 17.6. The molecule has 1 heterocycles. The Hall–Kier alpha value is -4.12. The summed E-state index contributed by atoms with van der Waals surface area (Å²) in [5.74, 6) is -1.05. The zero-order valence-electron chi connectivity index (χ0n) is 16.8. The number of rotatable bonds is 7. The highest BCUT2D eigenvalue weighted by Gasteiger charge is 2.19. The van der Waals surface area contributed by atoms with Gasteiger partial charge in [-0.15, -0.1) is 10.2 Å². The van der Waals surface area contributed by atoms with Crippen molar-refractivity contribution in [3.05, 3.63) is 94.5 Å². The number of nitrogens with zero attached hydrogens (tertiary/aromatic N) is 4. The third-order valence-electron chi connectivity index (χ3n) is 4.53. The number of carbonyl (C=O) groups excluding carboxylic acids is 1. The molecule has 8 nitrogen and oxygen atoms in total. The number of carbonyl (C=O) groups is 1. The SMILES string of the molecule is O=C(CSc1nnc(-c2ccc(F)cc2)n1-c1ccc(F)cc1)Nc1ccccc1[N+](=O)[O-]. The standard InChI is InChI=1S/C22H15F2N5O3S/c23-15-7-5-14(6-8-15)21-26-27-22(28(21)17-11-9-16(24)10-12-17)33-13-20(30)25-18-3-1-2-4-19(18)29(31)32/h1-12H,13H2,(H,25,30). The number of aromatic nitrogens is 3. The molecule has 0 saturated heterocycles. The molecule has 0 radical (unpaired) electrons. The van der Waals surface area contributed by atoms with Gasteiger partial charge in [0.05, 0.1) is 10.7 Å². The van der Waals surface area contributed by atoms with Gasteiger partial charge in [-0.05, 0) is 54.6 Å². The quantitative estimate of drug-likeness (QED) is 0.237. The van der Waals surface area contributed by atoms with Crippen LogP contribution in [0.2, 0.25) is 0 Å². The Bertz CT molecular complexity index is 1310. The van der Waals surface area contributed by atoms with E-state index in [1.807, 2.05) is 0 Å². The average molecular weight is 467 g/mol. The lowest BCUT2D eigenvalue weighted by Crippen LogP contribution is -2.15. The van der Waals surface area contributed by atoms with E-state index in [-0.39, 0.29) is 17.1 Å². The third kappa shape index (κ3) is 5.04. The molecule has 1 amide bonds. The van der Waals surface area contributed by atoms with Gasteiger partial charge in [-0.1, -0.05) is 23.9 Å². The van der Waals surface area contributed by atoms with E-state index in [1.54, 1.807) is 10.6 Å². The number of halogens is 2. The van der Waals surface area contributed by atoms with Crippen molar-refractivity contribution in [3.63, 3.8) is 0 Å². The van der Waals surface area contributed by atoms with E-state index in [0.717, 1.165) is 11.8 Å². The Morgan fingerprint density at radius 2 is 1.61 bits per heavy atom. The number of benzene rings is 3. The lowest BCUT2D eigenvalue weighted by Gasteiger charge is -2.11. The second-order valence-electron chi connectivity index (χ2n) is 6.74. The van der Waals surface area contributed by atoms with Gasteiger partial charge in [0, 0.05) is 17.3 Å². The highest BCUT2D eigenvalue weighted by molar-refractivity contribution is 7.99. The number of para-hydroxylation sites is 2. The van der Waals surface area contributed by atoms with Crippen LogP contribution in [0.3, 0.4) is 0 Å². The Balaban J connectivity index is 1.60. The van der Waals surface area contributed by atoms with Crippen LogP contribution >= 0.6 is 11.8 Å². The van der Waals surface area contributed by atoms with E-state index in [2.05, 4.69) is 15.5 Å². The molecule has 0 aliphatic rings. The monoisotopic (exact) mass is 467 g/mol. The van der Waals surface area contributed by atoms with E-state index in [1.165, 1.54) is 66.7 Å². The van der Waals surface area contributed by atoms with Crippen LogP contribution in [0.5, 0.6) is 0 Å². The van der Waals surface area contributed by atoms with Gasteiger partial charge in [0.2, 0.25) is 5.91 Å². The van der Waals surface area contributed by atoms with Crippen molar-refractivity contribution in [1.82, 2.24) is 14.8 Å². The van der Waals surface area contributed by atoms with Gasteiger partial charge in [0.25, 0.3) is 5.69 Å². The highest BCUT2D eigenvalue weighted by atomic mass is 32.2. The molecule has 0 bridgehead atoms. The predicted molar refractivity (Wildman–Crippen MR) is 119 cm³/mol. The van der Waals surface area contributed by atoms with Crippen LogP contribution in [0.4, 0.5) is 20.2 Å². The number of thioether (sulfide) groups is 1. The highest BCUT2D eigenvalue weighted by Crippen LogP contribution is 2.29. The van der Waals surface area contributed by atoms with Gasteiger partial charge in [0.15, 0.2) is 11.0 Å². The first-order valence-corrected chi connectivity index (χ1v) is 10.5. The molecule has 0 aliphatic carbocycles. The van der Waals surface area contributed by atoms with Gasteiger partial charge in [0.1, 0.15) is 17.3 Å². The smallest absolute Gasteiger partial charge is 0.292 e. The number of nitro benzene ring substituents is 1. The summed E-state index contributed by atoms with van der Waals surface area (Å²) in [5, 5.41) is 22.3. The van der Waals surface area contributed by atoms with Crippen LogP contribution in [-0.2, 0) is 4.79 Å². The maximum atomic E-state index is 13.5. The van der Waals surface area contributed by atoms with Crippen LogP contribution in [0.25, 0.3) is 17.1 Å². The van der Waals surface area contributed by atoms with Crippen LogP contribution in [0, 0.1) is 21.7 Å². The largest absolute Gasteiger partial charge is 0.320 e. The summed E-state index contributed by atoms with van der Waals surface area (Å²) in [7, 11) is 0. The number of anilines is 1. The summed E-state index contributed by atoms with van der Waals surface area (Å²) in [6, 6.07) is 17.1. The summed E-state index contributed by atoms with van der Waals surface area (Å²) >= 11 is 1.05. The van der Waals surface area contributed by atoms with Gasteiger partial charge in [-0.3, -0.25) is 19.5 Å². The van der Waals surface area contributed by atoms with Gasteiger partial charge in [-0.2, -0.15) is 0 Å². The summed E-state index contributed by atoms with van der Waals surface area (Å²) in [5.41, 5.74) is 0.982. The van der Waals surface area contributed by atoms with E-state index >= 15 is 0 Å². The van der Waals surface area contributed by atoms with Gasteiger partial charge >= 0.3 is 0 Å². The molecule has 0 spiro atoms. The molecule has 4 aromatic rings. The minimum absolute atomic E-state index is 0.0834.